The predicted molar refractivity (Wildman–Crippen MR) is 143 cm³/mol. The van der Waals surface area contributed by atoms with Crippen LogP contribution in [-0.2, 0) is 16.8 Å². The van der Waals surface area contributed by atoms with E-state index in [2.05, 4.69) is 5.32 Å². The number of carboxylic acid groups (broad SMARTS) is 1. The van der Waals surface area contributed by atoms with Gasteiger partial charge in [-0.3, -0.25) is 4.79 Å². The van der Waals surface area contributed by atoms with Crippen LogP contribution in [0, 0.1) is 11.7 Å². The summed E-state index contributed by atoms with van der Waals surface area (Å²) in [5.41, 5.74) is 6.73. The molecule has 0 aromatic heterocycles. The second-order valence-corrected chi connectivity index (χ2v) is 9.90. The highest BCUT2D eigenvalue weighted by molar-refractivity contribution is 5.76. The molecule has 1 aliphatic rings. The number of amides is 2. The van der Waals surface area contributed by atoms with Crippen LogP contribution in [0.1, 0.15) is 63.0 Å². The van der Waals surface area contributed by atoms with Gasteiger partial charge in [-0.1, -0.05) is 43.3 Å². The molecule has 2 unspecified atom stereocenters. The maximum atomic E-state index is 15.5. The number of nitrogens with one attached hydrogen (secondary N) is 1. The van der Waals surface area contributed by atoms with Crippen LogP contribution < -0.4 is 11.1 Å². The summed E-state index contributed by atoms with van der Waals surface area (Å²) >= 11 is 0. The minimum Gasteiger partial charge on any atom is -0.465 e. The zero-order valence-corrected chi connectivity index (χ0v) is 21.7. The van der Waals surface area contributed by atoms with Crippen molar-refractivity contribution >= 4 is 12.0 Å². The molecular formula is C29H40FN3O4. The number of nitrogens with two attached hydrogens (primary N) is 1. The van der Waals surface area contributed by atoms with Crippen LogP contribution in [0.25, 0.3) is 11.1 Å². The largest absolute Gasteiger partial charge is 0.465 e. The van der Waals surface area contributed by atoms with E-state index < -0.39 is 17.5 Å². The Bertz CT molecular complexity index is 1060. The summed E-state index contributed by atoms with van der Waals surface area (Å²) in [5, 5.41) is 23.7. The Morgan fingerprint density at radius 2 is 1.97 bits per heavy atom. The number of nitrogens with zero attached hydrogens (tertiary/aromatic N) is 1. The fourth-order valence-corrected chi connectivity index (χ4v) is 5.41. The molecule has 1 heterocycles. The molecule has 2 aromatic rings. The monoisotopic (exact) mass is 513 g/mol. The Kier molecular flexibility index (Phi) is 10.5. The molecule has 0 bridgehead atoms. The van der Waals surface area contributed by atoms with E-state index in [1.54, 1.807) is 12.1 Å². The lowest BCUT2D eigenvalue weighted by Gasteiger charge is -2.43. The van der Waals surface area contributed by atoms with Gasteiger partial charge in [0.25, 0.3) is 0 Å². The van der Waals surface area contributed by atoms with E-state index >= 15 is 4.39 Å². The van der Waals surface area contributed by atoms with E-state index in [4.69, 9.17) is 10.8 Å². The summed E-state index contributed by atoms with van der Waals surface area (Å²) in [6.45, 7) is 3.75. The summed E-state index contributed by atoms with van der Waals surface area (Å²) < 4.78 is 15.5. The number of aryl methyl sites for hydroxylation is 1. The molecular weight excluding hydrogens is 473 g/mol. The number of rotatable bonds is 12. The van der Waals surface area contributed by atoms with Crippen LogP contribution in [0.3, 0.4) is 0 Å². The van der Waals surface area contributed by atoms with E-state index in [1.807, 2.05) is 36.1 Å². The van der Waals surface area contributed by atoms with Crippen molar-refractivity contribution < 1.29 is 24.2 Å². The summed E-state index contributed by atoms with van der Waals surface area (Å²) in [6.07, 6.45) is 3.62. The van der Waals surface area contributed by atoms with Gasteiger partial charge in [-0.05, 0) is 74.2 Å². The molecule has 1 aliphatic heterocycles. The van der Waals surface area contributed by atoms with E-state index in [9.17, 15) is 14.7 Å². The second kappa shape index (κ2) is 13.5. The summed E-state index contributed by atoms with van der Waals surface area (Å²) in [6, 6.07) is 12.5. The number of aliphatic hydroxyl groups is 1. The van der Waals surface area contributed by atoms with Gasteiger partial charge >= 0.3 is 6.09 Å². The van der Waals surface area contributed by atoms with Crippen molar-refractivity contribution in [1.82, 2.24) is 10.2 Å². The molecule has 2 aromatic carbocycles. The van der Waals surface area contributed by atoms with Crippen LogP contribution >= 0.6 is 0 Å². The minimum absolute atomic E-state index is 0.0446. The molecule has 0 aliphatic carbocycles. The van der Waals surface area contributed by atoms with Gasteiger partial charge in [-0.15, -0.1) is 0 Å². The van der Waals surface area contributed by atoms with Crippen molar-refractivity contribution in [3.8, 4) is 11.1 Å². The van der Waals surface area contributed by atoms with E-state index in [-0.39, 0.29) is 24.8 Å². The van der Waals surface area contributed by atoms with Gasteiger partial charge in [0.05, 0.1) is 5.60 Å². The number of piperidine rings is 1. The fourth-order valence-electron chi connectivity index (χ4n) is 5.41. The van der Waals surface area contributed by atoms with Crippen LogP contribution in [0.5, 0.6) is 0 Å². The Balaban J connectivity index is 1.99. The first kappa shape index (κ1) is 28.6. The average Bonchev–Trinajstić information content (AvgIpc) is 2.91. The van der Waals surface area contributed by atoms with Crippen molar-refractivity contribution in [3.05, 3.63) is 59.4 Å². The molecule has 0 saturated carbocycles. The van der Waals surface area contributed by atoms with Crippen LogP contribution in [0.15, 0.2) is 42.5 Å². The smallest absolute Gasteiger partial charge is 0.404 e. The highest BCUT2D eigenvalue weighted by atomic mass is 19.1. The third kappa shape index (κ3) is 7.29. The first-order valence-corrected chi connectivity index (χ1v) is 13.4. The van der Waals surface area contributed by atoms with Crippen molar-refractivity contribution in [2.24, 2.45) is 11.7 Å². The number of halogens is 1. The number of unbranched alkanes of at least 4 members (excludes halogenated alkanes) is 1. The summed E-state index contributed by atoms with van der Waals surface area (Å²) in [4.78, 5) is 25.7. The highest BCUT2D eigenvalue weighted by Gasteiger charge is 2.43. The minimum atomic E-state index is -1.45. The first-order chi connectivity index (χ1) is 17.8. The van der Waals surface area contributed by atoms with Crippen LogP contribution in [-0.4, -0.2) is 53.3 Å². The standard InChI is InChI=1S/C29H40FN3O4/c1-2-21-9-5-10-22(19-21)27-24(12-6-13-25(27)30)29(37,15-8-17-32-28(35)36)23-11-7-18-33(20-23)26(34)14-3-4-16-31/h5-6,9-10,12-13,19,23,32,37H,2-4,7-8,11,14-18,20,31H2,1H3,(H,35,36). The Hall–Kier alpha value is -2.97. The van der Waals surface area contributed by atoms with Gasteiger partial charge in [-0.2, -0.15) is 0 Å². The maximum absolute atomic E-state index is 15.5. The zero-order valence-electron chi connectivity index (χ0n) is 21.7. The summed E-state index contributed by atoms with van der Waals surface area (Å²) in [7, 11) is 0. The molecule has 0 spiro atoms. The quantitative estimate of drug-likeness (QED) is 0.308. The molecule has 2 atom stereocenters. The molecule has 37 heavy (non-hydrogen) atoms. The summed E-state index contributed by atoms with van der Waals surface area (Å²) in [5.74, 6) is -0.694. The number of likely N-dealkylation sites (tertiary alicyclic amines) is 1. The van der Waals surface area contributed by atoms with Crippen LogP contribution in [0.4, 0.5) is 9.18 Å². The molecule has 5 N–H and O–H groups in total. The molecule has 202 valence electrons. The van der Waals surface area contributed by atoms with Gasteiger partial charge < -0.3 is 26.2 Å². The third-order valence-corrected chi connectivity index (χ3v) is 7.41. The molecule has 8 heteroatoms. The lowest BCUT2D eigenvalue weighted by molar-refractivity contribution is -0.136. The third-order valence-electron chi connectivity index (χ3n) is 7.41. The zero-order chi connectivity index (χ0) is 26.8. The first-order valence-electron chi connectivity index (χ1n) is 13.4. The average molecular weight is 514 g/mol. The second-order valence-electron chi connectivity index (χ2n) is 9.90. The van der Waals surface area contributed by atoms with Crippen molar-refractivity contribution in [3.63, 3.8) is 0 Å². The number of carbonyl (C=O) groups excluding carboxylic acids is 1. The lowest BCUT2D eigenvalue weighted by atomic mass is 9.72. The number of benzene rings is 2. The molecule has 1 saturated heterocycles. The van der Waals surface area contributed by atoms with E-state index in [1.165, 1.54) is 6.07 Å². The number of hydrogen-bond donors (Lipinski definition) is 4. The van der Waals surface area contributed by atoms with Crippen LogP contribution in [0.2, 0.25) is 0 Å². The number of carbonyl (C=O) groups is 2. The van der Waals surface area contributed by atoms with E-state index in [0.29, 0.717) is 55.6 Å². The van der Waals surface area contributed by atoms with Gasteiger partial charge in [0.2, 0.25) is 5.91 Å². The van der Waals surface area contributed by atoms with Gasteiger partial charge in [0.15, 0.2) is 0 Å². The van der Waals surface area contributed by atoms with Gasteiger partial charge in [0, 0.05) is 37.5 Å². The Morgan fingerprint density at radius 1 is 1.19 bits per heavy atom. The highest BCUT2D eigenvalue weighted by Crippen LogP contribution is 2.44. The SMILES string of the molecule is CCc1cccc(-c2c(F)cccc2C(O)(CCCNC(=O)O)C2CCCN(C(=O)CCCCN)C2)c1. The van der Waals surface area contributed by atoms with Gasteiger partial charge in [-0.25, -0.2) is 9.18 Å². The fraction of sp³-hybridized carbons (Fsp3) is 0.517. The Labute approximate surface area is 218 Å². The maximum Gasteiger partial charge on any atom is 0.404 e. The molecule has 2 amide bonds. The van der Waals surface area contributed by atoms with Crippen molar-refractivity contribution in [1.29, 1.82) is 0 Å². The molecule has 0 radical (unpaired) electrons. The Morgan fingerprint density at radius 3 is 2.70 bits per heavy atom. The molecule has 7 nitrogen and oxygen atoms in total. The molecule has 1 fully saturated rings. The van der Waals surface area contributed by atoms with Gasteiger partial charge in [0.1, 0.15) is 5.82 Å². The van der Waals surface area contributed by atoms with E-state index in [0.717, 1.165) is 31.2 Å². The lowest BCUT2D eigenvalue weighted by Crippen LogP contribution is -2.48. The number of hydrogen-bond acceptors (Lipinski definition) is 4. The van der Waals surface area contributed by atoms with Crippen molar-refractivity contribution in [2.45, 2.75) is 63.9 Å². The van der Waals surface area contributed by atoms with Crippen molar-refractivity contribution in [2.75, 3.05) is 26.2 Å². The topological polar surface area (TPSA) is 116 Å². The normalized spacial score (nSPS) is 17.3. The predicted octanol–water partition coefficient (Wildman–Crippen LogP) is 4.66. The molecule has 3 rings (SSSR count).